The molecule has 16 N–H and O–H groups in total. The maximum atomic E-state index is 5.43. The van der Waals surface area contributed by atoms with Crippen LogP contribution in [0.3, 0.4) is 0 Å². The number of rotatable bonds is 0. The second-order valence-electron chi connectivity index (χ2n) is 2.11. The molecule has 1 rings (SSSR count). The van der Waals surface area contributed by atoms with E-state index in [1.807, 2.05) is 0 Å². The van der Waals surface area contributed by atoms with Gasteiger partial charge in [0.05, 0.1) is 22.7 Å². The number of hydrogen-bond acceptors (Lipinski definition) is 4. The van der Waals surface area contributed by atoms with Crippen LogP contribution < -0.4 is 22.9 Å². The molecule has 0 unspecified atom stereocenters. The summed E-state index contributed by atoms with van der Waals surface area (Å²) in [6, 6.07) is 3.09. The summed E-state index contributed by atoms with van der Waals surface area (Å²) in [6.45, 7) is 0. The molecule has 0 fully saturated rings. The standard InChI is InChI=1S/C6H10N4.ClH.Cu.4H2O/c7-3-1-4(8)6(10)2-5(3)9;;;;;;/h1-2H,7-10H2;1H;;4*1H2. The van der Waals surface area contributed by atoms with E-state index in [9.17, 15) is 0 Å². The number of hydrogen-bond donors (Lipinski definition) is 4. The van der Waals surface area contributed by atoms with E-state index < -0.39 is 0 Å². The van der Waals surface area contributed by atoms with Gasteiger partial charge in [-0.2, -0.15) is 0 Å². The van der Waals surface area contributed by atoms with Crippen molar-refractivity contribution in [3.63, 3.8) is 0 Å². The molecule has 1 radical (unpaired) electrons. The Morgan fingerprint density at radius 1 is 0.562 bits per heavy atom. The second-order valence-corrected chi connectivity index (χ2v) is 2.11. The molecule has 0 aliphatic carbocycles. The first-order chi connectivity index (χ1) is 4.61. The van der Waals surface area contributed by atoms with Crippen LogP contribution in [-0.2, 0) is 17.1 Å². The SMILES string of the molecule is Cl.Nc1cc(N)c(N)cc1N.O.O.O.O.[Cu]. The van der Waals surface area contributed by atoms with Crippen LogP contribution in [0.4, 0.5) is 22.7 Å². The van der Waals surface area contributed by atoms with Gasteiger partial charge in [0.15, 0.2) is 0 Å². The van der Waals surface area contributed by atoms with E-state index in [1.54, 1.807) is 12.1 Å². The van der Waals surface area contributed by atoms with Gasteiger partial charge in [0, 0.05) is 17.1 Å². The van der Waals surface area contributed by atoms with Gasteiger partial charge in [-0.3, -0.25) is 0 Å². The molecule has 10 heteroatoms. The fourth-order valence-corrected chi connectivity index (χ4v) is 0.668. The van der Waals surface area contributed by atoms with Gasteiger partial charge in [-0.25, -0.2) is 0 Å². The van der Waals surface area contributed by atoms with Crippen LogP contribution in [0.15, 0.2) is 12.1 Å². The Morgan fingerprint density at radius 2 is 0.688 bits per heavy atom. The molecule has 0 aliphatic rings. The van der Waals surface area contributed by atoms with Gasteiger partial charge in [0.1, 0.15) is 0 Å². The zero-order valence-electron chi connectivity index (χ0n) is 8.17. The zero-order chi connectivity index (χ0) is 7.72. The maximum Gasteiger partial charge on any atom is 0.0570 e. The second kappa shape index (κ2) is 14.1. The molecule has 1 aromatic rings. The monoisotopic (exact) mass is 309 g/mol. The zero-order valence-corrected chi connectivity index (χ0v) is 9.93. The normalized spacial score (nSPS) is 6.00. The van der Waals surface area contributed by atoms with E-state index in [1.165, 1.54) is 0 Å². The molecule has 16 heavy (non-hydrogen) atoms. The van der Waals surface area contributed by atoms with Crippen molar-refractivity contribution in [3.8, 4) is 0 Å². The summed E-state index contributed by atoms with van der Waals surface area (Å²) < 4.78 is 0. The molecule has 0 saturated carbocycles. The van der Waals surface area contributed by atoms with Crippen LogP contribution in [0.5, 0.6) is 0 Å². The van der Waals surface area contributed by atoms with Crippen molar-refractivity contribution in [1.82, 2.24) is 0 Å². The third-order valence-corrected chi connectivity index (χ3v) is 1.29. The fraction of sp³-hybridized carbons (Fsp3) is 0. The third kappa shape index (κ3) is 8.38. The van der Waals surface area contributed by atoms with Crippen LogP contribution in [0.2, 0.25) is 0 Å². The molecule has 0 aromatic heterocycles. The average Bonchev–Trinajstić information content (AvgIpc) is 1.84. The topological polar surface area (TPSA) is 230 Å². The molecule has 0 bridgehead atoms. The van der Waals surface area contributed by atoms with Crippen LogP contribution in [0.25, 0.3) is 0 Å². The largest absolute Gasteiger partial charge is 0.412 e. The van der Waals surface area contributed by atoms with Gasteiger partial charge >= 0.3 is 0 Å². The molecule has 0 amide bonds. The summed E-state index contributed by atoms with van der Waals surface area (Å²) in [6.07, 6.45) is 0. The average molecular weight is 310 g/mol. The minimum Gasteiger partial charge on any atom is -0.412 e. The van der Waals surface area contributed by atoms with Gasteiger partial charge < -0.3 is 44.8 Å². The van der Waals surface area contributed by atoms with Crippen molar-refractivity contribution >= 4 is 35.2 Å². The smallest absolute Gasteiger partial charge is 0.0570 e. The van der Waals surface area contributed by atoms with Crippen molar-refractivity contribution in [2.75, 3.05) is 22.9 Å². The van der Waals surface area contributed by atoms with Crippen LogP contribution in [0.1, 0.15) is 0 Å². The number of nitrogen functional groups attached to an aromatic ring is 4. The van der Waals surface area contributed by atoms with Gasteiger partial charge in [-0.15, -0.1) is 12.4 Å². The van der Waals surface area contributed by atoms with Crippen molar-refractivity contribution in [3.05, 3.63) is 12.1 Å². The maximum absolute atomic E-state index is 5.43. The summed E-state index contributed by atoms with van der Waals surface area (Å²) >= 11 is 0. The Kier molecular flexibility index (Phi) is 31.9. The van der Waals surface area contributed by atoms with Gasteiger partial charge in [-0.1, -0.05) is 0 Å². The summed E-state index contributed by atoms with van der Waals surface area (Å²) in [5, 5.41) is 0. The van der Waals surface area contributed by atoms with Crippen molar-refractivity contribution in [2.24, 2.45) is 0 Å². The van der Waals surface area contributed by atoms with E-state index in [0.717, 1.165) is 0 Å². The molecule has 0 heterocycles. The Morgan fingerprint density at radius 3 is 0.812 bits per heavy atom. The first-order valence-corrected chi connectivity index (χ1v) is 2.81. The molecular weight excluding hydrogens is 291 g/mol. The van der Waals surface area contributed by atoms with Crippen LogP contribution in [0, 0.1) is 0 Å². The predicted molar refractivity (Wildman–Crippen MR) is 65.8 cm³/mol. The van der Waals surface area contributed by atoms with E-state index in [0.29, 0.717) is 22.7 Å². The number of nitrogens with two attached hydrogens (primary N) is 4. The van der Waals surface area contributed by atoms with E-state index in [-0.39, 0.29) is 51.4 Å². The molecule has 0 saturated heterocycles. The predicted octanol–water partition coefficient (Wildman–Crippen LogP) is -2.86. The summed E-state index contributed by atoms with van der Waals surface area (Å²) in [5.74, 6) is 0. The first kappa shape index (κ1) is 36.3. The van der Waals surface area contributed by atoms with Crippen molar-refractivity contribution in [2.45, 2.75) is 0 Å². The molecule has 0 atom stereocenters. The van der Waals surface area contributed by atoms with E-state index >= 15 is 0 Å². The fourth-order valence-electron chi connectivity index (χ4n) is 0.668. The van der Waals surface area contributed by atoms with Crippen LogP contribution in [-0.4, -0.2) is 21.9 Å². The summed E-state index contributed by atoms with van der Waals surface area (Å²) in [5.41, 5.74) is 23.6. The van der Waals surface area contributed by atoms with Gasteiger partial charge in [0.25, 0.3) is 0 Å². The van der Waals surface area contributed by atoms with Crippen molar-refractivity contribution in [1.29, 1.82) is 0 Å². The Hall–Kier alpha value is -0.931. The molecule has 105 valence electrons. The van der Waals surface area contributed by atoms with Gasteiger partial charge in [-0.05, 0) is 12.1 Å². The molecular formula is C6H19ClCuN4O4. The van der Waals surface area contributed by atoms with Crippen molar-refractivity contribution < 1.29 is 39.0 Å². The molecule has 0 aliphatic heterocycles. The minimum atomic E-state index is 0. The Labute approximate surface area is 109 Å². The van der Waals surface area contributed by atoms with E-state index in [2.05, 4.69) is 0 Å². The first-order valence-electron chi connectivity index (χ1n) is 2.81. The van der Waals surface area contributed by atoms with E-state index in [4.69, 9.17) is 22.9 Å². The summed E-state index contributed by atoms with van der Waals surface area (Å²) in [4.78, 5) is 0. The molecule has 8 nitrogen and oxygen atoms in total. The quantitative estimate of drug-likeness (QED) is 0.292. The Balaban J connectivity index is -0.0000000417. The minimum absolute atomic E-state index is 0. The number of anilines is 4. The number of halogens is 1. The molecule has 0 spiro atoms. The number of benzene rings is 1. The van der Waals surface area contributed by atoms with Gasteiger partial charge in [0.2, 0.25) is 0 Å². The van der Waals surface area contributed by atoms with Crippen LogP contribution >= 0.6 is 12.4 Å². The third-order valence-electron chi connectivity index (χ3n) is 1.29. The summed E-state index contributed by atoms with van der Waals surface area (Å²) in [7, 11) is 0. The molecule has 1 aromatic carbocycles. The Bertz CT molecular complexity index is 229.